The average molecular weight is 424 g/mol. The molecule has 2 N–H and O–H groups in total. The number of hydrogen-bond donors (Lipinski definition) is 2. The molecule has 0 unspecified atom stereocenters. The molecule has 1 fully saturated rings. The van der Waals surface area contributed by atoms with E-state index < -0.39 is 25.3 Å². The summed E-state index contributed by atoms with van der Waals surface area (Å²) in [7, 11) is -6.56. The van der Waals surface area contributed by atoms with Gasteiger partial charge in [0.25, 0.3) is 0 Å². The van der Waals surface area contributed by atoms with Gasteiger partial charge < -0.3 is 5.32 Å². The Kier molecular flexibility index (Phi) is 5.85. The first-order valence-corrected chi connectivity index (χ1v) is 12.3. The van der Waals surface area contributed by atoms with Crippen LogP contribution in [0, 0.1) is 0 Å². The molecule has 0 atom stereocenters. The summed E-state index contributed by atoms with van der Waals surface area (Å²) in [6.45, 7) is 4.30. The summed E-state index contributed by atoms with van der Waals surface area (Å²) in [5.74, 6) is 0.192. The zero-order chi connectivity index (χ0) is 20.4. The van der Waals surface area contributed by atoms with E-state index in [1.54, 1.807) is 32.0 Å². The highest BCUT2D eigenvalue weighted by molar-refractivity contribution is 7.93. The number of nitrogens with one attached hydrogen (secondary N) is 2. The van der Waals surface area contributed by atoms with E-state index in [-0.39, 0.29) is 5.75 Å². The number of hydrogen-bond acceptors (Lipinski definition) is 5. The van der Waals surface area contributed by atoms with E-state index in [0.29, 0.717) is 30.9 Å². The van der Waals surface area contributed by atoms with Gasteiger partial charge in [-0.3, -0.25) is 9.03 Å². The monoisotopic (exact) mass is 423 g/mol. The number of sulfonamides is 2. The predicted octanol–water partition coefficient (Wildman–Crippen LogP) is 2.99. The topological polar surface area (TPSA) is 95.6 Å². The van der Waals surface area contributed by atoms with E-state index >= 15 is 0 Å². The molecule has 28 heavy (non-hydrogen) atoms. The molecule has 0 amide bonds. The molecule has 3 rings (SSSR count). The molecule has 0 bridgehead atoms. The summed E-state index contributed by atoms with van der Waals surface area (Å²) >= 11 is 0. The first-order valence-electron chi connectivity index (χ1n) is 9.12. The van der Waals surface area contributed by atoms with E-state index in [2.05, 4.69) is 10.0 Å². The Hall–Kier alpha value is -2.26. The molecule has 0 aromatic heterocycles. The molecule has 0 radical (unpaired) electrons. The fourth-order valence-electron chi connectivity index (χ4n) is 2.88. The molecule has 152 valence electrons. The lowest BCUT2D eigenvalue weighted by Gasteiger charge is -2.18. The van der Waals surface area contributed by atoms with Gasteiger partial charge in [-0.2, -0.15) is 0 Å². The Bertz CT molecular complexity index is 1030. The highest BCUT2D eigenvalue weighted by Crippen LogP contribution is 2.26. The fraction of sp³-hybridized carbons (Fsp3) is 0.368. The highest BCUT2D eigenvalue weighted by atomic mass is 32.2. The molecular formula is C19H25N3O4S2. The van der Waals surface area contributed by atoms with Crippen LogP contribution < -0.4 is 14.3 Å². The third-order valence-corrected chi connectivity index (χ3v) is 8.20. The highest BCUT2D eigenvalue weighted by Gasteiger charge is 2.28. The summed E-state index contributed by atoms with van der Waals surface area (Å²) in [5, 5.41) is 2.78. The summed E-state index contributed by atoms with van der Waals surface area (Å²) in [4.78, 5) is 0. The molecule has 2 aromatic carbocycles. The second-order valence-corrected chi connectivity index (χ2v) is 11.3. The molecule has 9 heteroatoms. The van der Waals surface area contributed by atoms with Crippen molar-refractivity contribution in [3.05, 3.63) is 54.1 Å². The van der Waals surface area contributed by atoms with Gasteiger partial charge in [-0.05, 0) is 56.2 Å². The number of rotatable bonds is 7. The Morgan fingerprint density at radius 3 is 2.39 bits per heavy atom. The largest absolute Gasteiger partial charge is 0.381 e. The molecule has 0 spiro atoms. The normalized spacial score (nSPS) is 16.3. The van der Waals surface area contributed by atoms with Crippen LogP contribution in [0.5, 0.6) is 0 Å². The second kappa shape index (κ2) is 8.00. The predicted molar refractivity (Wildman–Crippen MR) is 114 cm³/mol. The Balaban J connectivity index is 1.64. The maximum atomic E-state index is 12.1. The minimum Gasteiger partial charge on any atom is -0.381 e. The van der Waals surface area contributed by atoms with E-state index in [1.807, 2.05) is 30.3 Å². The van der Waals surface area contributed by atoms with Crippen molar-refractivity contribution in [1.82, 2.24) is 0 Å². The van der Waals surface area contributed by atoms with Crippen molar-refractivity contribution in [2.24, 2.45) is 0 Å². The van der Waals surface area contributed by atoms with Crippen molar-refractivity contribution < 1.29 is 16.8 Å². The van der Waals surface area contributed by atoms with Crippen molar-refractivity contribution in [1.29, 1.82) is 0 Å². The smallest absolute Gasteiger partial charge is 0.235 e. The van der Waals surface area contributed by atoms with Crippen molar-refractivity contribution in [2.45, 2.75) is 32.1 Å². The van der Waals surface area contributed by atoms with Gasteiger partial charge in [0.15, 0.2) is 0 Å². The zero-order valence-electron chi connectivity index (χ0n) is 15.9. The van der Waals surface area contributed by atoms with Crippen molar-refractivity contribution in [3.63, 3.8) is 0 Å². The van der Waals surface area contributed by atoms with Crippen LogP contribution in [0.25, 0.3) is 0 Å². The summed E-state index contributed by atoms with van der Waals surface area (Å²) in [6, 6.07) is 14.5. The van der Waals surface area contributed by atoms with Gasteiger partial charge in [-0.15, -0.1) is 0 Å². The van der Waals surface area contributed by atoms with Crippen LogP contribution in [0.4, 0.5) is 17.1 Å². The number of nitrogens with zero attached hydrogens (tertiary/aromatic N) is 1. The SMILES string of the molecule is CC(C)S(=O)(=O)Nc1ccc(CNc2cccc(N3CCCS3(=O)=O)c2)cc1. The Labute approximate surface area is 166 Å². The summed E-state index contributed by atoms with van der Waals surface area (Å²) in [6.07, 6.45) is 0.646. The first kappa shape index (κ1) is 20.5. The Morgan fingerprint density at radius 1 is 1.07 bits per heavy atom. The molecular weight excluding hydrogens is 398 g/mol. The van der Waals surface area contributed by atoms with Gasteiger partial charge in [-0.1, -0.05) is 18.2 Å². The molecule has 7 nitrogen and oxygen atoms in total. The van der Waals surface area contributed by atoms with Crippen LogP contribution in [-0.4, -0.2) is 34.4 Å². The maximum absolute atomic E-state index is 12.1. The van der Waals surface area contributed by atoms with Crippen LogP contribution in [0.15, 0.2) is 48.5 Å². The van der Waals surface area contributed by atoms with Crippen molar-refractivity contribution in [2.75, 3.05) is 26.6 Å². The van der Waals surface area contributed by atoms with Crippen molar-refractivity contribution >= 4 is 37.1 Å². The van der Waals surface area contributed by atoms with Gasteiger partial charge in [0.05, 0.1) is 16.7 Å². The third-order valence-electron chi connectivity index (χ3n) is 4.56. The quantitative estimate of drug-likeness (QED) is 0.714. The minimum absolute atomic E-state index is 0.192. The van der Waals surface area contributed by atoms with Gasteiger partial charge >= 0.3 is 0 Å². The molecule has 1 aliphatic rings. The minimum atomic E-state index is -3.36. The van der Waals surface area contributed by atoms with Gasteiger partial charge in [0, 0.05) is 24.5 Å². The third kappa shape index (κ3) is 4.77. The molecule has 2 aromatic rings. The van der Waals surface area contributed by atoms with Crippen LogP contribution in [-0.2, 0) is 26.6 Å². The van der Waals surface area contributed by atoms with E-state index in [4.69, 9.17) is 0 Å². The Morgan fingerprint density at radius 2 is 1.79 bits per heavy atom. The maximum Gasteiger partial charge on any atom is 0.235 e. The van der Waals surface area contributed by atoms with Crippen LogP contribution in [0.3, 0.4) is 0 Å². The lowest BCUT2D eigenvalue weighted by atomic mass is 10.2. The first-order chi connectivity index (χ1) is 13.2. The lowest BCUT2D eigenvalue weighted by molar-refractivity contribution is 0.592. The zero-order valence-corrected chi connectivity index (χ0v) is 17.6. The van der Waals surface area contributed by atoms with Crippen LogP contribution >= 0.6 is 0 Å². The van der Waals surface area contributed by atoms with Crippen LogP contribution in [0.1, 0.15) is 25.8 Å². The number of benzene rings is 2. The second-order valence-electron chi connectivity index (χ2n) is 7.04. The van der Waals surface area contributed by atoms with Gasteiger partial charge in [-0.25, -0.2) is 16.8 Å². The summed E-state index contributed by atoms with van der Waals surface area (Å²) < 4.78 is 52.0. The molecule has 1 aliphatic heterocycles. The van der Waals surface area contributed by atoms with E-state index in [0.717, 1.165) is 11.3 Å². The molecule has 0 aliphatic carbocycles. The fourth-order valence-corrected chi connectivity index (χ4v) is 5.13. The standard InChI is InChI=1S/C19H25N3O4S2/c1-15(2)28(25,26)21-17-9-7-16(8-10-17)14-20-18-5-3-6-19(13-18)22-11-4-12-27(22,23)24/h3,5-10,13,15,20-21H,4,11-12,14H2,1-2H3. The van der Waals surface area contributed by atoms with Gasteiger partial charge in [0.2, 0.25) is 20.0 Å². The van der Waals surface area contributed by atoms with E-state index in [1.165, 1.54) is 4.31 Å². The molecule has 1 heterocycles. The molecule has 1 saturated heterocycles. The molecule has 0 saturated carbocycles. The number of anilines is 3. The lowest BCUT2D eigenvalue weighted by Crippen LogP contribution is -2.25. The van der Waals surface area contributed by atoms with Crippen LogP contribution in [0.2, 0.25) is 0 Å². The van der Waals surface area contributed by atoms with Gasteiger partial charge in [0.1, 0.15) is 0 Å². The summed E-state index contributed by atoms with van der Waals surface area (Å²) in [5.41, 5.74) is 3.00. The van der Waals surface area contributed by atoms with Crippen molar-refractivity contribution in [3.8, 4) is 0 Å². The average Bonchev–Trinajstić information content (AvgIpc) is 3.00. The van der Waals surface area contributed by atoms with E-state index in [9.17, 15) is 16.8 Å².